The zero-order chi connectivity index (χ0) is 20.3. The summed E-state index contributed by atoms with van der Waals surface area (Å²) in [6.45, 7) is 5.01. The third-order valence-corrected chi connectivity index (χ3v) is 5.79. The Morgan fingerprint density at radius 3 is 2.79 bits per heavy atom. The van der Waals surface area contributed by atoms with Gasteiger partial charge < -0.3 is 19.9 Å². The molecule has 2 aromatic heterocycles. The highest BCUT2D eigenvalue weighted by Crippen LogP contribution is 2.41. The molecule has 4 rings (SSSR count). The monoisotopic (exact) mass is 412 g/mol. The lowest BCUT2D eigenvalue weighted by Crippen LogP contribution is -2.47. The van der Waals surface area contributed by atoms with Crippen LogP contribution in [0.5, 0.6) is 5.75 Å². The van der Waals surface area contributed by atoms with E-state index in [0.717, 1.165) is 38.8 Å². The number of benzene rings is 1. The molecule has 1 aliphatic rings. The number of rotatable bonds is 7. The smallest absolute Gasteiger partial charge is 0.165 e. The van der Waals surface area contributed by atoms with E-state index in [1.807, 2.05) is 36.5 Å². The second kappa shape index (κ2) is 8.44. The molecule has 0 unspecified atom stereocenters. The largest absolute Gasteiger partial charge is 0.382 e. The van der Waals surface area contributed by atoms with Crippen molar-refractivity contribution in [1.29, 1.82) is 0 Å². The van der Waals surface area contributed by atoms with E-state index < -0.39 is 5.54 Å². The van der Waals surface area contributed by atoms with Crippen LogP contribution in [0.2, 0.25) is 0 Å². The molecule has 7 nitrogen and oxygen atoms in total. The van der Waals surface area contributed by atoms with Gasteiger partial charge in [-0.05, 0) is 24.8 Å². The summed E-state index contributed by atoms with van der Waals surface area (Å²) in [7, 11) is 1.70. The number of para-hydroxylation sites is 1. The van der Waals surface area contributed by atoms with Crippen LogP contribution in [0.15, 0.2) is 47.7 Å². The van der Waals surface area contributed by atoms with Gasteiger partial charge in [0.25, 0.3) is 0 Å². The van der Waals surface area contributed by atoms with Gasteiger partial charge in [-0.3, -0.25) is 0 Å². The number of aromatic nitrogens is 2. The molecule has 0 amide bonds. The highest BCUT2D eigenvalue weighted by Gasteiger charge is 2.36. The molecule has 29 heavy (non-hydrogen) atoms. The molecule has 1 aromatic carbocycles. The summed E-state index contributed by atoms with van der Waals surface area (Å²) in [5.74, 6) is 1.59. The second-order valence-electron chi connectivity index (χ2n) is 6.95. The van der Waals surface area contributed by atoms with Crippen molar-refractivity contribution < 1.29 is 14.5 Å². The van der Waals surface area contributed by atoms with E-state index in [9.17, 15) is 0 Å². The van der Waals surface area contributed by atoms with Crippen molar-refractivity contribution in [2.45, 2.75) is 26.0 Å². The second-order valence-corrected chi connectivity index (χ2v) is 8.21. The van der Waals surface area contributed by atoms with E-state index in [0.29, 0.717) is 12.4 Å². The molecule has 3 aromatic rings. The van der Waals surface area contributed by atoms with Crippen molar-refractivity contribution in [3.05, 3.63) is 48.3 Å². The summed E-state index contributed by atoms with van der Waals surface area (Å²) < 4.78 is 5.49. The number of ether oxygens (including phenoxy) is 1. The highest BCUT2D eigenvalue weighted by atomic mass is 32.2. The van der Waals surface area contributed by atoms with Crippen LogP contribution < -0.4 is 10.2 Å². The molecule has 0 radical (unpaired) electrons. The van der Waals surface area contributed by atoms with E-state index in [4.69, 9.17) is 19.5 Å². The minimum Gasteiger partial charge on any atom is -0.382 e. The fourth-order valence-electron chi connectivity index (χ4n) is 3.39. The lowest BCUT2D eigenvalue weighted by Gasteiger charge is -2.36. The molecule has 0 fully saturated rings. The van der Waals surface area contributed by atoms with E-state index >= 15 is 0 Å². The highest BCUT2D eigenvalue weighted by molar-refractivity contribution is 8.14. The van der Waals surface area contributed by atoms with Gasteiger partial charge in [-0.25, -0.2) is 9.98 Å². The number of hydrogen-bond donors (Lipinski definition) is 2. The van der Waals surface area contributed by atoms with Crippen LogP contribution in [0.1, 0.15) is 19.4 Å². The fraction of sp³-hybridized carbons (Fsp3) is 0.333. The van der Waals surface area contributed by atoms with Gasteiger partial charge >= 0.3 is 0 Å². The Bertz CT molecular complexity index is 1020. The van der Waals surface area contributed by atoms with Crippen LogP contribution in [-0.2, 0) is 16.2 Å². The number of nitrogens with zero attached hydrogens (tertiary/aromatic N) is 2. The summed E-state index contributed by atoms with van der Waals surface area (Å²) in [6, 6.07) is 9.42. The molecule has 0 saturated carbocycles. The standard InChI is InChI=1S/C21H24N4O3S/c1-4-29-20-21(2,13-26-3)25-18-16(24-20)11-23-19-17(18)14(10-22-19)12-27-28-15-8-6-5-7-9-15/h5-11,25H,4,12-13H2,1-3H3,(H,22,23)/t21-/m0/s1. The quantitative estimate of drug-likeness (QED) is 0.433. The van der Waals surface area contributed by atoms with Crippen molar-refractivity contribution in [1.82, 2.24) is 9.97 Å². The number of aromatic amines is 1. The molecule has 0 saturated heterocycles. The molecule has 8 heteroatoms. The number of aliphatic imine (C=N–C) groups is 1. The lowest BCUT2D eigenvalue weighted by atomic mass is 10.0. The molecule has 0 spiro atoms. The van der Waals surface area contributed by atoms with Gasteiger partial charge in [0.15, 0.2) is 5.75 Å². The zero-order valence-electron chi connectivity index (χ0n) is 16.7. The van der Waals surface area contributed by atoms with Crippen LogP contribution in [0.4, 0.5) is 11.4 Å². The number of pyridine rings is 1. The number of hydrogen-bond acceptors (Lipinski definition) is 7. The molecule has 0 bridgehead atoms. The normalized spacial score (nSPS) is 18.2. The molecular formula is C21H24N4O3S. The van der Waals surface area contributed by atoms with Crippen molar-refractivity contribution in [3.63, 3.8) is 0 Å². The third kappa shape index (κ3) is 3.96. The minimum atomic E-state index is -0.410. The molecule has 1 atom stereocenters. The van der Waals surface area contributed by atoms with Crippen LogP contribution >= 0.6 is 11.8 Å². The Balaban J connectivity index is 1.65. The molecule has 1 aliphatic heterocycles. The Hall–Kier alpha value is -2.55. The van der Waals surface area contributed by atoms with Gasteiger partial charge in [-0.2, -0.15) is 4.89 Å². The van der Waals surface area contributed by atoms with Gasteiger partial charge in [0.2, 0.25) is 0 Å². The first-order valence-electron chi connectivity index (χ1n) is 9.47. The zero-order valence-corrected chi connectivity index (χ0v) is 17.5. The molecule has 152 valence electrons. The number of nitrogens with one attached hydrogen (secondary N) is 2. The number of H-pyrrole nitrogens is 1. The number of methoxy groups -OCH3 is 1. The Morgan fingerprint density at radius 2 is 2.03 bits per heavy atom. The fourth-order valence-corrected chi connectivity index (χ4v) is 4.25. The molecule has 3 heterocycles. The summed E-state index contributed by atoms with van der Waals surface area (Å²) in [5, 5.41) is 5.60. The van der Waals surface area contributed by atoms with Crippen molar-refractivity contribution in [3.8, 4) is 5.75 Å². The first kappa shape index (κ1) is 19.8. The van der Waals surface area contributed by atoms with Crippen molar-refractivity contribution >= 4 is 39.2 Å². The van der Waals surface area contributed by atoms with Crippen molar-refractivity contribution in [2.24, 2.45) is 4.99 Å². The topological polar surface area (TPSA) is 80.8 Å². The predicted molar refractivity (Wildman–Crippen MR) is 117 cm³/mol. The summed E-state index contributed by atoms with van der Waals surface area (Å²) >= 11 is 1.71. The van der Waals surface area contributed by atoms with E-state index in [1.165, 1.54) is 0 Å². The predicted octanol–water partition coefficient (Wildman–Crippen LogP) is 4.69. The average molecular weight is 413 g/mol. The SMILES string of the molecule is CCSC1=Nc2cnc3[nH]cc(COOc4ccccc4)c3c2N[C@@]1(C)COC. The first-order chi connectivity index (χ1) is 14.1. The number of thioether (sulfide) groups is 1. The van der Waals surface area contributed by atoms with Crippen LogP contribution in [0, 0.1) is 0 Å². The molecule has 2 N–H and O–H groups in total. The maximum absolute atomic E-state index is 5.49. The summed E-state index contributed by atoms with van der Waals surface area (Å²) in [4.78, 5) is 23.5. The van der Waals surface area contributed by atoms with Crippen LogP contribution in [-0.4, -0.2) is 40.0 Å². The third-order valence-electron chi connectivity index (χ3n) is 4.68. The number of fused-ring (bicyclic) bond motifs is 3. The van der Waals surface area contributed by atoms with Gasteiger partial charge in [0, 0.05) is 24.3 Å². The summed E-state index contributed by atoms with van der Waals surface area (Å²) in [5.41, 5.74) is 3.04. The van der Waals surface area contributed by atoms with E-state index in [2.05, 4.69) is 29.1 Å². The van der Waals surface area contributed by atoms with Gasteiger partial charge in [0.05, 0.1) is 18.5 Å². The van der Waals surface area contributed by atoms with E-state index in [1.54, 1.807) is 25.1 Å². The first-order valence-corrected chi connectivity index (χ1v) is 10.5. The van der Waals surface area contributed by atoms with Gasteiger partial charge in [-0.1, -0.05) is 25.1 Å². The number of anilines is 1. The Labute approximate surface area is 173 Å². The Morgan fingerprint density at radius 1 is 1.21 bits per heavy atom. The van der Waals surface area contributed by atoms with E-state index in [-0.39, 0.29) is 6.61 Å². The molecular weight excluding hydrogens is 388 g/mol. The van der Waals surface area contributed by atoms with Crippen LogP contribution in [0.3, 0.4) is 0 Å². The van der Waals surface area contributed by atoms with Crippen LogP contribution in [0.25, 0.3) is 11.0 Å². The van der Waals surface area contributed by atoms with Gasteiger partial charge in [0.1, 0.15) is 28.5 Å². The molecule has 0 aliphatic carbocycles. The van der Waals surface area contributed by atoms with Gasteiger partial charge in [-0.15, -0.1) is 11.8 Å². The maximum atomic E-state index is 5.49. The maximum Gasteiger partial charge on any atom is 0.165 e. The average Bonchev–Trinajstić information content (AvgIpc) is 3.13. The Kier molecular flexibility index (Phi) is 5.75. The minimum absolute atomic E-state index is 0.274. The summed E-state index contributed by atoms with van der Waals surface area (Å²) in [6.07, 6.45) is 3.68. The van der Waals surface area contributed by atoms with Crippen molar-refractivity contribution in [2.75, 3.05) is 24.8 Å². The lowest BCUT2D eigenvalue weighted by molar-refractivity contribution is -0.217.